The number of aliphatic imine (C=N–C) groups is 1. The van der Waals surface area contributed by atoms with Crippen LogP contribution in [-0.4, -0.2) is 38.8 Å². The minimum absolute atomic E-state index is 0.297. The zero-order valence-electron chi connectivity index (χ0n) is 8.16. The normalized spacial score (nSPS) is 23.8. The van der Waals surface area contributed by atoms with E-state index in [1.54, 1.807) is 7.11 Å². The van der Waals surface area contributed by atoms with E-state index in [2.05, 4.69) is 4.99 Å². The fourth-order valence-corrected chi connectivity index (χ4v) is 1.38. The maximum Gasteiger partial charge on any atom is 0.0964 e. The smallest absolute Gasteiger partial charge is 0.0964 e. The predicted molar refractivity (Wildman–Crippen MR) is 52.0 cm³/mol. The van der Waals surface area contributed by atoms with Gasteiger partial charge in [0, 0.05) is 20.1 Å². The Morgan fingerprint density at radius 3 is 3.15 bits per heavy atom. The molecule has 0 saturated carbocycles. The van der Waals surface area contributed by atoms with E-state index in [1.807, 2.05) is 0 Å². The van der Waals surface area contributed by atoms with Crippen LogP contribution in [0.2, 0.25) is 0 Å². The number of ether oxygens (including phenoxy) is 2. The second kappa shape index (κ2) is 5.94. The Labute approximate surface area is 79.1 Å². The van der Waals surface area contributed by atoms with Gasteiger partial charge in [-0.05, 0) is 12.8 Å². The van der Waals surface area contributed by atoms with Crippen molar-refractivity contribution in [3.05, 3.63) is 0 Å². The van der Waals surface area contributed by atoms with E-state index in [0.717, 1.165) is 25.9 Å². The Kier molecular flexibility index (Phi) is 4.78. The summed E-state index contributed by atoms with van der Waals surface area (Å²) in [7, 11) is 1.66. The molecule has 76 valence electrons. The lowest BCUT2D eigenvalue weighted by Crippen LogP contribution is -2.20. The second-order valence-electron chi connectivity index (χ2n) is 3.21. The van der Waals surface area contributed by atoms with Crippen molar-refractivity contribution in [1.82, 2.24) is 0 Å². The topological polar surface area (TPSA) is 56.8 Å². The first kappa shape index (κ1) is 10.5. The summed E-state index contributed by atoms with van der Waals surface area (Å²) in [4.78, 5) is 4.17. The van der Waals surface area contributed by atoms with Gasteiger partial charge in [-0.15, -0.1) is 0 Å². The minimum atomic E-state index is 0.297. The maximum absolute atomic E-state index is 5.71. The van der Waals surface area contributed by atoms with Gasteiger partial charge in [-0.3, -0.25) is 4.99 Å². The van der Waals surface area contributed by atoms with Gasteiger partial charge in [-0.25, -0.2) is 0 Å². The molecule has 1 aliphatic rings. The molecule has 1 atom stereocenters. The monoisotopic (exact) mass is 186 g/mol. The third-order valence-corrected chi connectivity index (χ3v) is 2.07. The summed E-state index contributed by atoms with van der Waals surface area (Å²) in [6.07, 6.45) is 3.33. The van der Waals surface area contributed by atoms with Crippen molar-refractivity contribution in [2.75, 3.05) is 26.9 Å². The fraction of sp³-hybridized carbons (Fsp3) is 0.889. The van der Waals surface area contributed by atoms with Crippen molar-refractivity contribution < 1.29 is 9.47 Å². The van der Waals surface area contributed by atoms with Gasteiger partial charge in [-0.1, -0.05) is 0 Å². The summed E-state index contributed by atoms with van der Waals surface area (Å²) in [5, 5.41) is 0. The number of hydrogen-bond acceptors (Lipinski definition) is 3. The van der Waals surface area contributed by atoms with E-state index in [0.29, 0.717) is 25.1 Å². The van der Waals surface area contributed by atoms with Crippen molar-refractivity contribution in [2.45, 2.75) is 25.4 Å². The molecule has 0 bridgehead atoms. The van der Waals surface area contributed by atoms with Crippen molar-refractivity contribution in [3.8, 4) is 0 Å². The van der Waals surface area contributed by atoms with Crippen molar-refractivity contribution >= 4 is 5.84 Å². The Balaban J connectivity index is 2.14. The summed E-state index contributed by atoms with van der Waals surface area (Å²) < 4.78 is 10.3. The van der Waals surface area contributed by atoms with Crippen molar-refractivity contribution in [2.24, 2.45) is 10.7 Å². The molecule has 0 aromatic carbocycles. The molecule has 1 heterocycles. The molecule has 4 heteroatoms. The second-order valence-corrected chi connectivity index (χ2v) is 3.21. The van der Waals surface area contributed by atoms with Crippen LogP contribution in [0.15, 0.2) is 4.99 Å². The lowest BCUT2D eigenvalue weighted by Gasteiger charge is -2.07. The first-order valence-electron chi connectivity index (χ1n) is 4.72. The van der Waals surface area contributed by atoms with Crippen LogP contribution in [0.1, 0.15) is 19.3 Å². The summed E-state index contributed by atoms with van der Waals surface area (Å²) >= 11 is 0. The Hall–Kier alpha value is -0.610. The van der Waals surface area contributed by atoms with Crippen molar-refractivity contribution in [1.29, 1.82) is 0 Å². The van der Waals surface area contributed by atoms with Gasteiger partial charge < -0.3 is 15.2 Å². The third kappa shape index (κ3) is 4.24. The van der Waals surface area contributed by atoms with Crippen LogP contribution in [0, 0.1) is 0 Å². The van der Waals surface area contributed by atoms with Crippen LogP contribution in [0.5, 0.6) is 0 Å². The van der Waals surface area contributed by atoms with Crippen LogP contribution in [0.25, 0.3) is 0 Å². The summed E-state index contributed by atoms with van der Waals surface area (Å²) in [6.45, 7) is 2.15. The third-order valence-electron chi connectivity index (χ3n) is 2.07. The molecule has 0 aromatic heterocycles. The molecular formula is C9H18N2O2. The minimum Gasteiger partial charge on any atom is -0.387 e. The van der Waals surface area contributed by atoms with Crippen LogP contribution >= 0.6 is 0 Å². The lowest BCUT2D eigenvalue weighted by atomic mass is 10.2. The van der Waals surface area contributed by atoms with Gasteiger partial charge >= 0.3 is 0 Å². The molecule has 1 rings (SSSR count). The molecule has 4 nitrogen and oxygen atoms in total. The first-order chi connectivity index (χ1) is 6.33. The molecular weight excluding hydrogens is 168 g/mol. The molecule has 1 aliphatic heterocycles. The quantitative estimate of drug-likeness (QED) is 0.388. The predicted octanol–water partition coefficient (Wildman–Crippen LogP) is 0.559. The highest BCUT2D eigenvalue weighted by molar-refractivity contribution is 5.80. The molecule has 0 spiro atoms. The summed E-state index contributed by atoms with van der Waals surface area (Å²) in [5.41, 5.74) is 5.71. The van der Waals surface area contributed by atoms with E-state index in [1.165, 1.54) is 0 Å². The highest BCUT2D eigenvalue weighted by Gasteiger charge is 2.16. The molecule has 0 amide bonds. The highest BCUT2D eigenvalue weighted by Crippen LogP contribution is 2.14. The Morgan fingerprint density at radius 2 is 2.54 bits per heavy atom. The molecule has 1 saturated heterocycles. The highest BCUT2D eigenvalue weighted by atomic mass is 16.5. The van der Waals surface area contributed by atoms with Crippen molar-refractivity contribution in [3.63, 3.8) is 0 Å². The number of methoxy groups -OCH3 is 1. The largest absolute Gasteiger partial charge is 0.387 e. The van der Waals surface area contributed by atoms with Gasteiger partial charge in [0.05, 0.1) is 25.1 Å². The Bertz CT molecular complexity index is 165. The average molecular weight is 186 g/mol. The molecule has 0 aliphatic carbocycles. The van der Waals surface area contributed by atoms with Crippen LogP contribution < -0.4 is 5.73 Å². The molecule has 13 heavy (non-hydrogen) atoms. The van der Waals surface area contributed by atoms with Crippen LogP contribution in [0.4, 0.5) is 0 Å². The molecule has 1 fully saturated rings. The van der Waals surface area contributed by atoms with Gasteiger partial charge in [0.15, 0.2) is 0 Å². The number of amidine groups is 1. The van der Waals surface area contributed by atoms with E-state index in [9.17, 15) is 0 Å². The summed E-state index contributed by atoms with van der Waals surface area (Å²) in [5.74, 6) is 0.684. The lowest BCUT2D eigenvalue weighted by molar-refractivity contribution is 0.116. The molecule has 2 N–H and O–H groups in total. The van der Waals surface area contributed by atoms with Crippen LogP contribution in [-0.2, 0) is 9.47 Å². The molecule has 0 aromatic rings. The molecule has 1 unspecified atom stereocenters. The van der Waals surface area contributed by atoms with E-state index in [4.69, 9.17) is 15.2 Å². The van der Waals surface area contributed by atoms with E-state index < -0.39 is 0 Å². The zero-order chi connectivity index (χ0) is 9.52. The van der Waals surface area contributed by atoms with Gasteiger partial charge in [0.1, 0.15) is 0 Å². The average Bonchev–Trinajstić information content (AvgIpc) is 2.57. The standard InChI is InChI=1S/C9H18N2O2/c1-12-6-4-11-9(10)7-8-3-2-5-13-8/h8H,2-7H2,1H3,(H2,10,11). The zero-order valence-corrected chi connectivity index (χ0v) is 8.16. The Morgan fingerprint density at radius 1 is 1.69 bits per heavy atom. The van der Waals surface area contributed by atoms with E-state index in [-0.39, 0.29) is 0 Å². The van der Waals surface area contributed by atoms with E-state index >= 15 is 0 Å². The van der Waals surface area contributed by atoms with Crippen LogP contribution in [0.3, 0.4) is 0 Å². The number of hydrogen-bond donors (Lipinski definition) is 1. The number of rotatable bonds is 5. The van der Waals surface area contributed by atoms with Gasteiger partial charge in [0.25, 0.3) is 0 Å². The van der Waals surface area contributed by atoms with Gasteiger partial charge in [-0.2, -0.15) is 0 Å². The number of nitrogens with zero attached hydrogens (tertiary/aromatic N) is 1. The first-order valence-corrected chi connectivity index (χ1v) is 4.72. The maximum atomic E-state index is 5.71. The molecule has 0 radical (unpaired) electrons. The summed E-state index contributed by atoms with van der Waals surface area (Å²) in [6, 6.07) is 0. The SMILES string of the molecule is COCCN=C(N)CC1CCCO1. The van der Waals surface area contributed by atoms with Gasteiger partial charge in [0.2, 0.25) is 0 Å². The fourth-order valence-electron chi connectivity index (χ4n) is 1.38. The number of nitrogens with two attached hydrogens (primary N) is 1.